The average Bonchev–Trinajstić information content (AvgIpc) is 2.36. The minimum Gasteiger partial charge on any atom is -0.399 e. The van der Waals surface area contributed by atoms with E-state index in [2.05, 4.69) is 0 Å². The zero-order valence-electron chi connectivity index (χ0n) is 10.5. The average molecular weight is 240 g/mol. The van der Waals surface area contributed by atoms with E-state index in [0.717, 1.165) is 11.1 Å². The number of ketones is 1. The molecule has 3 heteroatoms. The van der Waals surface area contributed by atoms with E-state index in [0.29, 0.717) is 22.5 Å². The molecule has 2 aromatic carbocycles. The highest BCUT2D eigenvalue weighted by Gasteiger charge is 2.13. The number of carbonyl (C=O) groups excluding carboxylic acids is 1. The molecule has 0 aliphatic rings. The molecule has 0 bridgehead atoms. The molecule has 18 heavy (non-hydrogen) atoms. The number of benzene rings is 2. The summed E-state index contributed by atoms with van der Waals surface area (Å²) in [6, 6.07) is 10.5. The van der Waals surface area contributed by atoms with E-state index in [1.54, 1.807) is 36.4 Å². The van der Waals surface area contributed by atoms with Crippen LogP contribution in [0.2, 0.25) is 0 Å². The number of rotatable bonds is 2. The molecule has 0 saturated heterocycles. The summed E-state index contributed by atoms with van der Waals surface area (Å²) in [7, 11) is 0. The lowest BCUT2D eigenvalue weighted by atomic mass is 9.95. The van der Waals surface area contributed by atoms with Crippen LogP contribution in [-0.2, 0) is 0 Å². The summed E-state index contributed by atoms with van der Waals surface area (Å²) in [5.74, 6) is -0.00407. The summed E-state index contributed by atoms with van der Waals surface area (Å²) in [5.41, 5.74) is 16.0. The first-order chi connectivity index (χ1) is 8.50. The van der Waals surface area contributed by atoms with Crippen molar-refractivity contribution >= 4 is 17.2 Å². The molecule has 0 aliphatic heterocycles. The molecule has 0 unspecified atom stereocenters. The van der Waals surface area contributed by atoms with Crippen LogP contribution in [0.1, 0.15) is 27.0 Å². The molecule has 0 amide bonds. The van der Waals surface area contributed by atoms with Crippen LogP contribution < -0.4 is 11.5 Å². The fourth-order valence-electron chi connectivity index (χ4n) is 1.88. The van der Waals surface area contributed by atoms with Crippen LogP contribution in [0.4, 0.5) is 11.4 Å². The van der Waals surface area contributed by atoms with Gasteiger partial charge in [0.05, 0.1) is 0 Å². The third-order valence-corrected chi connectivity index (χ3v) is 3.25. The van der Waals surface area contributed by atoms with Gasteiger partial charge in [-0.05, 0) is 61.4 Å². The van der Waals surface area contributed by atoms with Gasteiger partial charge in [-0.25, -0.2) is 0 Å². The van der Waals surface area contributed by atoms with Crippen molar-refractivity contribution in [2.24, 2.45) is 0 Å². The van der Waals surface area contributed by atoms with Gasteiger partial charge < -0.3 is 11.5 Å². The van der Waals surface area contributed by atoms with Gasteiger partial charge in [0.1, 0.15) is 0 Å². The summed E-state index contributed by atoms with van der Waals surface area (Å²) in [5, 5.41) is 0. The standard InChI is InChI=1S/C15H16N2O/c1-9-10(2)14(17)8-7-13(9)15(18)11-3-5-12(16)6-4-11/h3-8H,16-17H2,1-2H3. The predicted octanol–water partition coefficient (Wildman–Crippen LogP) is 2.70. The van der Waals surface area contributed by atoms with Gasteiger partial charge in [0, 0.05) is 22.5 Å². The fourth-order valence-corrected chi connectivity index (χ4v) is 1.88. The molecule has 0 aromatic heterocycles. The summed E-state index contributed by atoms with van der Waals surface area (Å²) < 4.78 is 0. The Morgan fingerprint density at radius 2 is 1.50 bits per heavy atom. The van der Waals surface area contributed by atoms with Gasteiger partial charge in [0.15, 0.2) is 5.78 Å². The summed E-state index contributed by atoms with van der Waals surface area (Å²) >= 11 is 0. The number of carbonyl (C=O) groups is 1. The number of nitrogen functional groups attached to an aromatic ring is 2. The minimum absolute atomic E-state index is 0.00407. The molecule has 4 N–H and O–H groups in total. The van der Waals surface area contributed by atoms with Crippen LogP contribution in [0, 0.1) is 13.8 Å². The highest BCUT2D eigenvalue weighted by atomic mass is 16.1. The molecule has 2 rings (SSSR count). The number of anilines is 2. The molecule has 0 fully saturated rings. The first kappa shape index (κ1) is 12.2. The normalized spacial score (nSPS) is 10.3. The Labute approximate surface area is 106 Å². The monoisotopic (exact) mass is 240 g/mol. The van der Waals surface area contributed by atoms with Gasteiger partial charge >= 0.3 is 0 Å². The van der Waals surface area contributed by atoms with Gasteiger partial charge in [0.2, 0.25) is 0 Å². The highest BCUT2D eigenvalue weighted by molar-refractivity contribution is 6.10. The molecular weight excluding hydrogens is 224 g/mol. The van der Waals surface area contributed by atoms with E-state index >= 15 is 0 Å². The van der Waals surface area contributed by atoms with Crippen molar-refractivity contribution in [2.45, 2.75) is 13.8 Å². The Hall–Kier alpha value is -2.29. The highest BCUT2D eigenvalue weighted by Crippen LogP contribution is 2.22. The lowest BCUT2D eigenvalue weighted by Gasteiger charge is -2.10. The van der Waals surface area contributed by atoms with Crippen LogP contribution in [0.15, 0.2) is 36.4 Å². The van der Waals surface area contributed by atoms with Gasteiger partial charge in [0.25, 0.3) is 0 Å². The van der Waals surface area contributed by atoms with Crippen molar-refractivity contribution in [3.63, 3.8) is 0 Å². The Kier molecular flexibility index (Phi) is 3.06. The molecule has 0 aliphatic carbocycles. The second-order valence-corrected chi connectivity index (χ2v) is 4.40. The molecule has 3 nitrogen and oxygen atoms in total. The van der Waals surface area contributed by atoms with E-state index in [4.69, 9.17) is 11.5 Å². The van der Waals surface area contributed by atoms with E-state index in [1.807, 2.05) is 13.8 Å². The van der Waals surface area contributed by atoms with E-state index in [9.17, 15) is 4.79 Å². The second kappa shape index (κ2) is 4.53. The van der Waals surface area contributed by atoms with Crippen LogP contribution >= 0.6 is 0 Å². The van der Waals surface area contributed by atoms with E-state index in [-0.39, 0.29) is 5.78 Å². The number of nitrogens with two attached hydrogens (primary N) is 2. The third-order valence-electron chi connectivity index (χ3n) is 3.25. The maximum Gasteiger partial charge on any atom is 0.193 e. The summed E-state index contributed by atoms with van der Waals surface area (Å²) in [4.78, 5) is 12.4. The van der Waals surface area contributed by atoms with Crippen molar-refractivity contribution in [2.75, 3.05) is 11.5 Å². The van der Waals surface area contributed by atoms with Gasteiger partial charge in [-0.2, -0.15) is 0 Å². The van der Waals surface area contributed by atoms with Crippen LogP contribution in [0.25, 0.3) is 0 Å². The Balaban J connectivity index is 2.46. The summed E-state index contributed by atoms with van der Waals surface area (Å²) in [6.45, 7) is 3.83. The van der Waals surface area contributed by atoms with Crippen molar-refractivity contribution in [1.82, 2.24) is 0 Å². The first-order valence-corrected chi connectivity index (χ1v) is 5.76. The van der Waals surface area contributed by atoms with Gasteiger partial charge in [-0.3, -0.25) is 4.79 Å². The largest absolute Gasteiger partial charge is 0.399 e. The van der Waals surface area contributed by atoms with Crippen molar-refractivity contribution in [3.8, 4) is 0 Å². The Morgan fingerprint density at radius 3 is 2.11 bits per heavy atom. The molecule has 0 radical (unpaired) electrons. The van der Waals surface area contributed by atoms with E-state index in [1.165, 1.54) is 0 Å². The van der Waals surface area contributed by atoms with Crippen LogP contribution in [-0.4, -0.2) is 5.78 Å². The molecule has 0 atom stereocenters. The topological polar surface area (TPSA) is 69.1 Å². The quantitative estimate of drug-likeness (QED) is 0.626. The number of hydrogen-bond donors (Lipinski definition) is 2. The maximum atomic E-state index is 12.4. The third kappa shape index (κ3) is 2.07. The lowest BCUT2D eigenvalue weighted by molar-refractivity contribution is 0.103. The molecule has 0 saturated carbocycles. The molecular formula is C15H16N2O. The lowest BCUT2D eigenvalue weighted by Crippen LogP contribution is -2.06. The smallest absolute Gasteiger partial charge is 0.193 e. The zero-order chi connectivity index (χ0) is 13.3. The maximum absolute atomic E-state index is 12.4. The van der Waals surface area contributed by atoms with Gasteiger partial charge in [-0.15, -0.1) is 0 Å². The van der Waals surface area contributed by atoms with Crippen molar-refractivity contribution < 1.29 is 4.79 Å². The molecule has 2 aromatic rings. The SMILES string of the molecule is Cc1c(N)ccc(C(=O)c2ccc(N)cc2)c1C. The van der Waals surface area contributed by atoms with Crippen molar-refractivity contribution in [3.05, 3.63) is 58.7 Å². The summed E-state index contributed by atoms with van der Waals surface area (Å²) in [6.07, 6.45) is 0. The van der Waals surface area contributed by atoms with E-state index < -0.39 is 0 Å². The second-order valence-electron chi connectivity index (χ2n) is 4.40. The zero-order valence-corrected chi connectivity index (χ0v) is 10.5. The Bertz CT molecular complexity index is 601. The first-order valence-electron chi connectivity index (χ1n) is 5.76. The van der Waals surface area contributed by atoms with Crippen LogP contribution in [0.3, 0.4) is 0 Å². The fraction of sp³-hybridized carbons (Fsp3) is 0.133. The molecule has 0 spiro atoms. The van der Waals surface area contributed by atoms with Crippen LogP contribution in [0.5, 0.6) is 0 Å². The number of hydrogen-bond acceptors (Lipinski definition) is 3. The van der Waals surface area contributed by atoms with Gasteiger partial charge in [-0.1, -0.05) is 0 Å². The predicted molar refractivity (Wildman–Crippen MR) is 74.6 cm³/mol. The molecule has 92 valence electrons. The Morgan fingerprint density at radius 1 is 0.889 bits per heavy atom. The minimum atomic E-state index is -0.00407. The van der Waals surface area contributed by atoms with Crippen molar-refractivity contribution in [1.29, 1.82) is 0 Å². The molecule has 0 heterocycles.